The average molecular weight is 215 g/mol. The predicted octanol–water partition coefficient (Wildman–Crippen LogP) is 1.24. The zero-order chi connectivity index (χ0) is 11.5. The van der Waals surface area contributed by atoms with Gasteiger partial charge in [0.25, 0.3) is 0 Å². The lowest BCUT2D eigenvalue weighted by atomic mass is 9.72. The molecule has 1 rings (SSSR count). The van der Waals surface area contributed by atoms with Gasteiger partial charge >= 0.3 is 0 Å². The van der Waals surface area contributed by atoms with Crippen LogP contribution in [0.4, 0.5) is 0 Å². The van der Waals surface area contributed by atoms with E-state index >= 15 is 0 Å². The second kappa shape index (κ2) is 4.81. The molecule has 0 amide bonds. The highest BCUT2D eigenvalue weighted by molar-refractivity contribution is 5.02. The van der Waals surface area contributed by atoms with Crippen LogP contribution in [0.25, 0.3) is 0 Å². The zero-order valence-electron chi connectivity index (χ0n) is 10.3. The normalized spacial score (nSPS) is 21.4. The van der Waals surface area contributed by atoms with Gasteiger partial charge in [-0.15, -0.1) is 0 Å². The molecule has 1 aliphatic rings. The summed E-state index contributed by atoms with van der Waals surface area (Å²) in [6, 6.07) is 0. The third kappa shape index (κ3) is 2.05. The van der Waals surface area contributed by atoms with Crippen molar-refractivity contribution >= 4 is 0 Å². The van der Waals surface area contributed by atoms with Crippen molar-refractivity contribution in [3.8, 4) is 0 Å². The predicted molar refractivity (Wildman–Crippen MR) is 61.8 cm³/mol. The summed E-state index contributed by atoms with van der Waals surface area (Å²) in [4.78, 5) is 2.25. The van der Waals surface area contributed by atoms with Crippen LogP contribution in [0.3, 0.4) is 0 Å². The van der Waals surface area contributed by atoms with Crippen LogP contribution in [-0.4, -0.2) is 47.0 Å². The third-order valence-corrected chi connectivity index (χ3v) is 4.47. The highest BCUT2D eigenvalue weighted by Crippen LogP contribution is 2.41. The molecule has 0 radical (unpaired) electrons. The molecule has 0 aliphatic carbocycles. The summed E-state index contributed by atoms with van der Waals surface area (Å²) in [6.45, 7) is 8.65. The fourth-order valence-corrected chi connectivity index (χ4v) is 2.49. The number of nitrogens with zero attached hydrogens (tertiary/aromatic N) is 1. The highest BCUT2D eigenvalue weighted by Gasteiger charge is 2.48. The fraction of sp³-hybridized carbons (Fsp3) is 1.00. The standard InChI is InChI=1S/C12H25NO2/c1-4-11(5-2)7-13(8-11)12(6-3,9-14)10-15/h14-15H,4-10H2,1-3H3. The molecule has 0 aromatic rings. The molecule has 1 saturated heterocycles. The zero-order valence-corrected chi connectivity index (χ0v) is 10.3. The Labute approximate surface area is 93.1 Å². The Morgan fingerprint density at radius 1 is 1.07 bits per heavy atom. The minimum Gasteiger partial charge on any atom is -0.394 e. The highest BCUT2D eigenvalue weighted by atomic mass is 16.3. The quantitative estimate of drug-likeness (QED) is 0.700. The molecule has 1 heterocycles. The molecule has 0 aromatic heterocycles. The van der Waals surface area contributed by atoms with Gasteiger partial charge in [0.1, 0.15) is 0 Å². The Morgan fingerprint density at radius 3 is 1.80 bits per heavy atom. The van der Waals surface area contributed by atoms with E-state index < -0.39 is 0 Å². The van der Waals surface area contributed by atoms with Crippen LogP contribution in [0, 0.1) is 5.41 Å². The lowest BCUT2D eigenvalue weighted by molar-refractivity contribution is -0.120. The molecule has 3 nitrogen and oxygen atoms in total. The van der Waals surface area contributed by atoms with Crippen molar-refractivity contribution in [1.29, 1.82) is 0 Å². The molecule has 0 aromatic carbocycles. The number of hydrogen-bond donors (Lipinski definition) is 2. The molecule has 0 atom stereocenters. The molecule has 15 heavy (non-hydrogen) atoms. The fourth-order valence-electron chi connectivity index (χ4n) is 2.49. The molecule has 0 bridgehead atoms. The van der Waals surface area contributed by atoms with Crippen LogP contribution in [-0.2, 0) is 0 Å². The smallest absolute Gasteiger partial charge is 0.0670 e. The molecule has 0 unspecified atom stereocenters. The Bertz CT molecular complexity index is 182. The van der Waals surface area contributed by atoms with Crippen LogP contribution in [0.5, 0.6) is 0 Å². The minimum absolute atomic E-state index is 0.0590. The first-order valence-electron chi connectivity index (χ1n) is 6.08. The van der Waals surface area contributed by atoms with Crippen molar-refractivity contribution in [3.63, 3.8) is 0 Å². The molecule has 1 aliphatic heterocycles. The van der Waals surface area contributed by atoms with Gasteiger partial charge in [0, 0.05) is 13.1 Å². The SMILES string of the molecule is CCC1(CC)CN(C(CC)(CO)CO)C1. The molecule has 3 heteroatoms. The average Bonchev–Trinajstić information content (AvgIpc) is 2.24. The van der Waals surface area contributed by atoms with E-state index in [1.54, 1.807) is 0 Å². The van der Waals surface area contributed by atoms with Crippen LogP contribution >= 0.6 is 0 Å². The van der Waals surface area contributed by atoms with E-state index in [0.717, 1.165) is 19.5 Å². The minimum atomic E-state index is -0.381. The Balaban J connectivity index is 2.62. The molecule has 2 N–H and O–H groups in total. The maximum absolute atomic E-state index is 9.43. The van der Waals surface area contributed by atoms with Gasteiger partial charge in [-0.1, -0.05) is 20.8 Å². The van der Waals surface area contributed by atoms with Crippen molar-refractivity contribution in [3.05, 3.63) is 0 Å². The number of likely N-dealkylation sites (tertiary alicyclic amines) is 1. The van der Waals surface area contributed by atoms with Gasteiger partial charge in [0.05, 0.1) is 18.8 Å². The Kier molecular flexibility index (Phi) is 4.15. The van der Waals surface area contributed by atoms with Gasteiger partial charge < -0.3 is 10.2 Å². The van der Waals surface area contributed by atoms with Gasteiger partial charge in [-0.05, 0) is 24.7 Å². The molecule has 0 spiro atoms. The molecular formula is C12H25NO2. The van der Waals surface area contributed by atoms with Gasteiger partial charge in [0.2, 0.25) is 0 Å². The summed E-state index contributed by atoms with van der Waals surface area (Å²) in [5.74, 6) is 0. The van der Waals surface area contributed by atoms with Gasteiger partial charge in [0.15, 0.2) is 0 Å². The summed E-state index contributed by atoms with van der Waals surface area (Å²) in [7, 11) is 0. The lowest BCUT2D eigenvalue weighted by Crippen LogP contribution is -2.67. The first-order valence-corrected chi connectivity index (χ1v) is 6.08. The summed E-state index contributed by atoms with van der Waals surface area (Å²) in [6.07, 6.45) is 3.19. The van der Waals surface area contributed by atoms with E-state index in [2.05, 4.69) is 18.7 Å². The molecule has 90 valence electrons. The van der Waals surface area contributed by atoms with E-state index in [9.17, 15) is 10.2 Å². The van der Waals surface area contributed by atoms with Crippen molar-refractivity contribution in [1.82, 2.24) is 4.90 Å². The van der Waals surface area contributed by atoms with Crippen molar-refractivity contribution < 1.29 is 10.2 Å². The second-order valence-corrected chi connectivity index (χ2v) is 4.96. The van der Waals surface area contributed by atoms with E-state index in [1.807, 2.05) is 6.92 Å². The van der Waals surface area contributed by atoms with Crippen LogP contribution in [0.1, 0.15) is 40.0 Å². The number of aliphatic hydroxyl groups is 2. The second-order valence-electron chi connectivity index (χ2n) is 4.96. The first kappa shape index (κ1) is 12.9. The Morgan fingerprint density at radius 2 is 1.53 bits per heavy atom. The van der Waals surface area contributed by atoms with Gasteiger partial charge in [-0.25, -0.2) is 0 Å². The third-order valence-electron chi connectivity index (χ3n) is 4.47. The topological polar surface area (TPSA) is 43.7 Å². The lowest BCUT2D eigenvalue weighted by Gasteiger charge is -2.57. The molecule has 0 saturated carbocycles. The maximum Gasteiger partial charge on any atom is 0.0670 e. The number of hydrogen-bond acceptors (Lipinski definition) is 3. The summed E-state index contributed by atoms with van der Waals surface area (Å²) < 4.78 is 0. The van der Waals surface area contributed by atoms with E-state index in [4.69, 9.17) is 0 Å². The summed E-state index contributed by atoms with van der Waals surface area (Å²) in [5.41, 5.74) is 0.0542. The van der Waals surface area contributed by atoms with Crippen molar-refractivity contribution in [2.45, 2.75) is 45.6 Å². The van der Waals surface area contributed by atoms with Gasteiger partial charge in [-0.3, -0.25) is 4.90 Å². The van der Waals surface area contributed by atoms with E-state index in [1.165, 1.54) is 12.8 Å². The number of aliphatic hydroxyl groups excluding tert-OH is 2. The van der Waals surface area contributed by atoms with E-state index in [-0.39, 0.29) is 18.8 Å². The van der Waals surface area contributed by atoms with Crippen molar-refractivity contribution in [2.75, 3.05) is 26.3 Å². The summed E-state index contributed by atoms with van der Waals surface area (Å²) in [5, 5.41) is 18.9. The van der Waals surface area contributed by atoms with Crippen LogP contribution < -0.4 is 0 Å². The molecule has 1 fully saturated rings. The van der Waals surface area contributed by atoms with Crippen molar-refractivity contribution in [2.24, 2.45) is 5.41 Å². The summed E-state index contributed by atoms with van der Waals surface area (Å²) >= 11 is 0. The maximum atomic E-state index is 9.43. The van der Waals surface area contributed by atoms with E-state index in [0.29, 0.717) is 5.41 Å². The Hall–Kier alpha value is -0.120. The van der Waals surface area contributed by atoms with Gasteiger partial charge in [-0.2, -0.15) is 0 Å². The van der Waals surface area contributed by atoms with Crippen LogP contribution in [0.2, 0.25) is 0 Å². The number of rotatable bonds is 6. The first-order chi connectivity index (χ1) is 7.12. The van der Waals surface area contributed by atoms with Crippen LogP contribution in [0.15, 0.2) is 0 Å². The largest absolute Gasteiger partial charge is 0.394 e. The molecular weight excluding hydrogens is 190 g/mol. The monoisotopic (exact) mass is 215 g/mol.